The highest BCUT2D eigenvalue weighted by atomic mass is 16.5. The highest BCUT2D eigenvalue weighted by molar-refractivity contribution is 5.98. The minimum atomic E-state index is 0.245. The molecule has 0 aromatic heterocycles. The van der Waals surface area contributed by atoms with Crippen LogP contribution in [0.3, 0.4) is 0 Å². The van der Waals surface area contributed by atoms with Crippen molar-refractivity contribution in [1.82, 2.24) is 0 Å². The van der Waals surface area contributed by atoms with Gasteiger partial charge in [0.15, 0.2) is 5.78 Å². The molecular weight excluding hydrogens is 224 g/mol. The highest BCUT2D eigenvalue weighted by Gasteiger charge is 2.25. The summed E-state index contributed by atoms with van der Waals surface area (Å²) in [5.41, 5.74) is 0.833. The van der Waals surface area contributed by atoms with Gasteiger partial charge < -0.3 is 4.74 Å². The Morgan fingerprint density at radius 1 is 1.06 bits per heavy atom. The van der Waals surface area contributed by atoms with Gasteiger partial charge in [0.2, 0.25) is 0 Å². The second kappa shape index (κ2) is 5.13. The first-order chi connectivity index (χ1) is 8.83. The summed E-state index contributed by atoms with van der Waals surface area (Å²) in [4.78, 5) is 12.4. The van der Waals surface area contributed by atoms with Gasteiger partial charge in [-0.1, -0.05) is 31.4 Å². The number of carbonyl (C=O) groups excluding carboxylic acids is 1. The van der Waals surface area contributed by atoms with Gasteiger partial charge in [0.1, 0.15) is 5.75 Å². The van der Waals surface area contributed by atoms with Crippen LogP contribution in [-0.2, 0) is 0 Å². The second-order valence-electron chi connectivity index (χ2n) is 5.54. The van der Waals surface area contributed by atoms with Crippen molar-refractivity contribution >= 4 is 5.78 Å². The molecule has 0 heterocycles. The van der Waals surface area contributed by atoms with E-state index in [1.807, 2.05) is 24.3 Å². The Balaban J connectivity index is 1.71. The predicted molar refractivity (Wildman–Crippen MR) is 71.0 cm³/mol. The number of ether oxygens (including phenoxy) is 1. The zero-order valence-electron chi connectivity index (χ0n) is 10.7. The molecule has 0 unspecified atom stereocenters. The molecule has 2 saturated carbocycles. The van der Waals surface area contributed by atoms with E-state index in [9.17, 15) is 4.79 Å². The lowest BCUT2D eigenvalue weighted by molar-refractivity contribution is 0.0889. The maximum atomic E-state index is 12.4. The fourth-order valence-electron chi connectivity index (χ4n) is 2.70. The van der Waals surface area contributed by atoms with Crippen molar-refractivity contribution in [3.8, 4) is 5.75 Å². The smallest absolute Gasteiger partial charge is 0.166 e. The van der Waals surface area contributed by atoms with Gasteiger partial charge >= 0.3 is 0 Å². The molecule has 0 radical (unpaired) electrons. The molecule has 3 rings (SSSR count). The lowest BCUT2D eigenvalue weighted by Gasteiger charge is -2.20. The van der Waals surface area contributed by atoms with Crippen LogP contribution >= 0.6 is 0 Å². The standard InChI is InChI=1S/C16H20O2/c17-16(12-5-2-1-3-6-12)13-7-4-8-15(11-13)18-14-9-10-14/h4,7-8,11-12,14H,1-3,5-6,9-10H2. The van der Waals surface area contributed by atoms with E-state index in [-0.39, 0.29) is 5.92 Å². The molecule has 2 aliphatic rings. The Bertz CT molecular complexity index is 428. The summed E-state index contributed by atoms with van der Waals surface area (Å²) in [6, 6.07) is 7.75. The van der Waals surface area contributed by atoms with E-state index in [4.69, 9.17) is 4.74 Å². The summed E-state index contributed by atoms with van der Waals surface area (Å²) in [6.07, 6.45) is 8.52. The van der Waals surface area contributed by atoms with E-state index in [2.05, 4.69) is 0 Å². The number of hydrogen-bond donors (Lipinski definition) is 0. The van der Waals surface area contributed by atoms with E-state index in [1.165, 1.54) is 19.3 Å². The summed E-state index contributed by atoms with van der Waals surface area (Å²) in [5, 5.41) is 0. The second-order valence-corrected chi connectivity index (χ2v) is 5.54. The van der Waals surface area contributed by atoms with Crippen LogP contribution in [-0.4, -0.2) is 11.9 Å². The maximum Gasteiger partial charge on any atom is 0.166 e. The van der Waals surface area contributed by atoms with E-state index in [0.717, 1.165) is 37.0 Å². The number of carbonyl (C=O) groups is 1. The van der Waals surface area contributed by atoms with Crippen molar-refractivity contribution in [2.45, 2.75) is 51.0 Å². The fourth-order valence-corrected chi connectivity index (χ4v) is 2.70. The monoisotopic (exact) mass is 244 g/mol. The quantitative estimate of drug-likeness (QED) is 0.748. The Labute approximate surface area is 108 Å². The van der Waals surface area contributed by atoms with Gasteiger partial charge in [0.25, 0.3) is 0 Å². The first-order valence-corrected chi connectivity index (χ1v) is 7.14. The van der Waals surface area contributed by atoms with Crippen LogP contribution in [0.4, 0.5) is 0 Å². The van der Waals surface area contributed by atoms with Gasteiger partial charge in [0, 0.05) is 11.5 Å². The summed E-state index contributed by atoms with van der Waals surface area (Å²) in [6.45, 7) is 0. The van der Waals surface area contributed by atoms with E-state index in [0.29, 0.717) is 11.9 Å². The van der Waals surface area contributed by atoms with Crippen molar-refractivity contribution in [2.75, 3.05) is 0 Å². The normalized spacial score (nSPS) is 20.7. The van der Waals surface area contributed by atoms with Crippen molar-refractivity contribution in [3.63, 3.8) is 0 Å². The Kier molecular flexibility index (Phi) is 3.35. The van der Waals surface area contributed by atoms with E-state index < -0.39 is 0 Å². The molecule has 0 atom stereocenters. The molecule has 1 aromatic rings. The molecule has 0 amide bonds. The Hall–Kier alpha value is -1.31. The van der Waals surface area contributed by atoms with Crippen molar-refractivity contribution in [3.05, 3.63) is 29.8 Å². The largest absolute Gasteiger partial charge is 0.490 e. The number of Topliss-reactive ketones (excluding diaryl/α,β-unsaturated/α-hetero) is 1. The minimum absolute atomic E-state index is 0.245. The van der Waals surface area contributed by atoms with Crippen LogP contribution in [0.15, 0.2) is 24.3 Å². The molecule has 18 heavy (non-hydrogen) atoms. The molecular formula is C16H20O2. The van der Waals surface area contributed by atoms with Crippen LogP contribution in [0.25, 0.3) is 0 Å². The first kappa shape index (κ1) is 11.8. The molecule has 0 saturated heterocycles. The SMILES string of the molecule is O=C(c1cccc(OC2CC2)c1)C1CCCCC1. The summed E-state index contributed by atoms with van der Waals surface area (Å²) in [7, 11) is 0. The summed E-state index contributed by atoms with van der Waals surface area (Å²) >= 11 is 0. The van der Waals surface area contributed by atoms with Crippen molar-refractivity contribution in [1.29, 1.82) is 0 Å². The summed E-state index contributed by atoms with van der Waals surface area (Å²) < 4.78 is 5.75. The number of benzene rings is 1. The number of ketones is 1. The number of rotatable bonds is 4. The zero-order valence-corrected chi connectivity index (χ0v) is 10.7. The van der Waals surface area contributed by atoms with Gasteiger partial charge in [-0.05, 0) is 37.8 Å². The molecule has 1 aromatic carbocycles. The average molecular weight is 244 g/mol. The zero-order chi connectivity index (χ0) is 12.4. The van der Waals surface area contributed by atoms with E-state index >= 15 is 0 Å². The molecule has 2 fully saturated rings. The molecule has 2 aliphatic carbocycles. The predicted octanol–water partition coefficient (Wildman–Crippen LogP) is 3.99. The first-order valence-electron chi connectivity index (χ1n) is 7.14. The molecule has 2 nitrogen and oxygen atoms in total. The molecule has 0 N–H and O–H groups in total. The number of hydrogen-bond acceptors (Lipinski definition) is 2. The fraction of sp³-hybridized carbons (Fsp3) is 0.562. The van der Waals surface area contributed by atoms with Gasteiger partial charge in [-0.15, -0.1) is 0 Å². The third-order valence-corrected chi connectivity index (χ3v) is 3.92. The van der Waals surface area contributed by atoms with Crippen LogP contribution in [0, 0.1) is 5.92 Å². The minimum Gasteiger partial charge on any atom is -0.490 e. The lowest BCUT2D eigenvalue weighted by atomic mass is 9.84. The van der Waals surface area contributed by atoms with Crippen LogP contribution in [0.1, 0.15) is 55.3 Å². The average Bonchev–Trinajstić information content (AvgIpc) is 3.23. The van der Waals surface area contributed by atoms with Gasteiger partial charge in [-0.3, -0.25) is 4.79 Å². The van der Waals surface area contributed by atoms with Crippen molar-refractivity contribution in [2.24, 2.45) is 5.92 Å². The van der Waals surface area contributed by atoms with Gasteiger partial charge in [-0.2, -0.15) is 0 Å². The third kappa shape index (κ3) is 2.74. The molecule has 2 heteroatoms. The van der Waals surface area contributed by atoms with Crippen molar-refractivity contribution < 1.29 is 9.53 Å². The van der Waals surface area contributed by atoms with Gasteiger partial charge in [-0.25, -0.2) is 0 Å². The van der Waals surface area contributed by atoms with Gasteiger partial charge in [0.05, 0.1) is 6.10 Å². The topological polar surface area (TPSA) is 26.3 Å². The Morgan fingerprint density at radius 3 is 2.56 bits per heavy atom. The van der Waals surface area contributed by atoms with Crippen LogP contribution < -0.4 is 4.74 Å². The molecule has 0 bridgehead atoms. The van der Waals surface area contributed by atoms with Crippen LogP contribution in [0.5, 0.6) is 5.75 Å². The molecule has 96 valence electrons. The third-order valence-electron chi connectivity index (χ3n) is 3.92. The Morgan fingerprint density at radius 2 is 1.83 bits per heavy atom. The lowest BCUT2D eigenvalue weighted by Crippen LogP contribution is -2.17. The molecule has 0 aliphatic heterocycles. The highest BCUT2D eigenvalue weighted by Crippen LogP contribution is 2.30. The van der Waals surface area contributed by atoms with Crippen LogP contribution in [0.2, 0.25) is 0 Å². The maximum absolute atomic E-state index is 12.4. The molecule has 0 spiro atoms. The summed E-state index contributed by atoms with van der Waals surface area (Å²) in [5.74, 6) is 1.42. The van der Waals surface area contributed by atoms with E-state index in [1.54, 1.807) is 0 Å².